The Morgan fingerprint density at radius 3 is 2.59 bits per heavy atom. The van der Waals surface area contributed by atoms with Crippen LogP contribution in [0.3, 0.4) is 0 Å². The maximum absolute atomic E-state index is 3.61. The van der Waals surface area contributed by atoms with Crippen LogP contribution in [0.5, 0.6) is 0 Å². The molecule has 1 N–H and O–H groups in total. The summed E-state index contributed by atoms with van der Waals surface area (Å²) < 4.78 is 1.28. The largest absolute Gasteiger partial charge is 0.314 e. The summed E-state index contributed by atoms with van der Waals surface area (Å²) in [5.41, 5.74) is 0.350. The molecule has 98 valence electrons. The number of hydrogen-bond acceptors (Lipinski definition) is 2. The van der Waals surface area contributed by atoms with Crippen molar-refractivity contribution in [3.8, 4) is 0 Å². The van der Waals surface area contributed by atoms with Gasteiger partial charge < -0.3 is 5.32 Å². The molecule has 1 aromatic heterocycles. The summed E-state index contributed by atoms with van der Waals surface area (Å²) in [6, 6.07) is 2.76. The summed E-state index contributed by atoms with van der Waals surface area (Å²) in [5.74, 6) is 0. The van der Waals surface area contributed by atoms with Crippen LogP contribution >= 0.6 is 27.3 Å². The van der Waals surface area contributed by atoms with Crippen molar-refractivity contribution in [1.82, 2.24) is 5.32 Å². The summed E-state index contributed by atoms with van der Waals surface area (Å²) in [6.45, 7) is 10.2. The molecule has 0 aliphatic carbocycles. The van der Waals surface area contributed by atoms with E-state index in [9.17, 15) is 0 Å². The van der Waals surface area contributed by atoms with Crippen molar-refractivity contribution >= 4 is 27.3 Å². The van der Waals surface area contributed by atoms with Crippen LogP contribution in [0.2, 0.25) is 0 Å². The highest BCUT2D eigenvalue weighted by Crippen LogP contribution is 2.27. The van der Waals surface area contributed by atoms with E-state index in [4.69, 9.17) is 0 Å². The van der Waals surface area contributed by atoms with Crippen LogP contribution in [0.15, 0.2) is 15.9 Å². The third kappa shape index (κ3) is 5.11. The van der Waals surface area contributed by atoms with E-state index in [1.54, 1.807) is 0 Å². The molecule has 0 aromatic carbocycles. The lowest BCUT2D eigenvalue weighted by molar-refractivity contribution is 0.254. The van der Waals surface area contributed by atoms with Gasteiger partial charge in [-0.05, 0) is 58.6 Å². The van der Waals surface area contributed by atoms with E-state index in [1.807, 2.05) is 11.3 Å². The number of thiophene rings is 1. The fourth-order valence-corrected chi connectivity index (χ4v) is 3.65. The zero-order valence-corrected chi connectivity index (χ0v) is 13.7. The third-order valence-corrected chi connectivity index (χ3v) is 5.07. The summed E-state index contributed by atoms with van der Waals surface area (Å²) in [5, 5.41) is 5.77. The molecule has 0 spiro atoms. The molecule has 1 nitrogen and oxygen atoms in total. The molecule has 1 unspecified atom stereocenters. The van der Waals surface area contributed by atoms with Gasteiger partial charge in [-0.15, -0.1) is 11.3 Å². The Morgan fingerprint density at radius 1 is 1.41 bits per heavy atom. The molecule has 0 fully saturated rings. The Morgan fingerprint density at radius 2 is 2.12 bits per heavy atom. The van der Waals surface area contributed by atoms with E-state index in [-0.39, 0.29) is 0 Å². The van der Waals surface area contributed by atoms with Crippen molar-refractivity contribution < 1.29 is 0 Å². The maximum Gasteiger partial charge on any atom is 0.0314 e. The first-order chi connectivity index (χ1) is 7.95. The number of hydrogen-bond donors (Lipinski definition) is 1. The minimum Gasteiger partial charge on any atom is -0.314 e. The molecule has 1 aromatic rings. The van der Waals surface area contributed by atoms with Crippen LogP contribution in [0.25, 0.3) is 0 Å². The van der Waals surface area contributed by atoms with E-state index in [0.717, 1.165) is 6.54 Å². The van der Waals surface area contributed by atoms with Crippen molar-refractivity contribution in [2.24, 2.45) is 5.41 Å². The van der Waals surface area contributed by atoms with Crippen molar-refractivity contribution in [1.29, 1.82) is 0 Å². The van der Waals surface area contributed by atoms with E-state index < -0.39 is 0 Å². The Labute approximate surface area is 118 Å². The predicted octanol–water partition coefficient (Wildman–Crippen LogP) is 4.86. The van der Waals surface area contributed by atoms with Gasteiger partial charge in [-0.1, -0.05) is 27.7 Å². The van der Waals surface area contributed by atoms with Crippen LogP contribution in [0, 0.1) is 5.41 Å². The van der Waals surface area contributed by atoms with Crippen molar-refractivity contribution in [3.63, 3.8) is 0 Å². The lowest BCUT2D eigenvalue weighted by atomic mass is 9.83. The average Bonchev–Trinajstić information content (AvgIpc) is 2.62. The van der Waals surface area contributed by atoms with Gasteiger partial charge in [0.05, 0.1) is 0 Å². The Kier molecular flexibility index (Phi) is 6.18. The highest BCUT2D eigenvalue weighted by atomic mass is 79.9. The predicted molar refractivity (Wildman–Crippen MR) is 81.9 cm³/mol. The van der Waals surface area contributed by atoms with Gasteiger partial charge in [0.1, 0.15) is 0 Å². The maximum atomic E-state index is 3.61. The highest BCUT2D eigenvalue weighted by Gasteiger charge is 2.22. The summed E-state index contributed by atoms with van der Waals surface area (Å²) in [7, 11) is 0. The number of rotatable bonds is 6. The SMILES string of the molecule is CCNC(CCCc1sccc1Br)C(C)(C)C. The highest BCUT2D eigenvalue weighted by molar-refractivity contribution is 9.10. The first-order valence-corrected chi connectivity index (χ1v) is 8.07. The minimum atomic E-state index is 0.350. The normalized spacial score (nSPS) is 13.9. The van der Waals surface area contributed by atoms with Crippen molar-refractivity contribution in [3.05, 3.63) is 20.8 Å². The first-order valence-electron chi connectivity index (χ1n) is 6.40. The summed E-state index contributed by atoms with van der Waals surface area (Å²) >= 11 is 5.45. The third-order valence-electron chi connectivity index (χ3n) is 3.08. The smallest absolute Gasteiger partial charge is 0.0314 e. The molecule has 3 heteroatoms. The Bertz CT molecular complexity index is 327. The number of halogens is 1. The monoisotopic (exact) mass is 317 g/mol. The Hall–Kier alpha value is 0.140. The fraction of sp³-hybridized carbons (Fsp3) is 0.714. The standard InChI is InChI=1S/C14H24BrNS/c1-5-16-13(14(2,3)4)8-6-7-12-11(15)9-10-17-12/h9-10,13,16H,5-8H2,1-4H3. The van der Waals surface area contributed by atoms with E-state index in [1.165, 1.54) is 28.6 Å². The molecule has 17 heavy (non-hydrogen) atoms. The van der Waals surface area contributed by atoms with Gasteiger partial charge in [-0.25, -0.2) is 0 Å². The fourth-order valence-electron chi connectivity index (χ4n) is 2.06. The summed E-state index contributed by atoms with van der Waals surface area (Å²) in [4.78, 5) is 1.48. The molecule has 0 aliphatic rings. The first kappa shape index (κ1) is 15.2. The molecular weight excluding hydrogens is 294 g/mol. The van der Waals surface area contributed by atoms with E-state index in [2.05, 4.69) is 60.4 Å². The Balaban J connectivity index is 2.40. The molecule has 0 radical (unpaired) electrons. The topological polar surface area (TPSA) is 12.0 Å². The zero-order chi connectivity index (χ0) is 12.9. The average molecular weight is 318 g/mol. The minimum absolute atomic E-state index is 0.350. The lowest BCUT2D eigenvalue weighted by Gasteiger charge is -2.31. The van der Waals surface area contributed by atoms with Gasteiger partial charge in [0, 0.05) is 15.4 Å². The molecule has 1 rings (SSSR count). The van der Waals surface area contributed by atoms with Gasteiger partial charge in [0.15, 0.2) is 0 Å². The van der Waals surface area contributed by atoms with Gasteiger partial charge in [0.2, 0.25) is 0 Å². The van der Waals surface area contributed by atoms with Crippen LogP contribution in [0.4, 0.5) is 0 Å². The summed E-state index contributed by atoms with van der Waals surface area (Å²) in [6.07, 6.45) is 3.70. The van der Waals surface area contributed by atoms with Crippen LogP contribution in [-0.2, 0) is 6.42 Å². The van der Waals surface area contributed by atoms with Crippen LogP contribution in [-0.4, -0.2) is 12.6 Å². The van der Waals surface area contributed by atoms with Gasteiger partial charge >= 0.3 is 0 Å². The van der Waals surface area contributed by atoms with E-state index >= 15 is 0 Å². The van der Waals surface area contributed by atoms with Gasteiger partial charge in [0.25, 0.3) is 0 Å². The molecular formula is C14H24BrNS. The van der Waals surface area contributed by atoms with Crippen LogP contribution < -0.4 is 5.32 Å². The molecule has 1 heterocycles. The van der Waals surface area contributed by atoms with E-state index in [0.29, 0.717) is 11.5 Å². The van der Waals surface area contributed by atoms with Crippen LogP contribution in [0.1, 0.15) is 45.4 Å². The molecule has 1 atom stereocenters. The van der Waals surface area contributed by atoms with Gasteiger partial charge in [-0.2, -0.15) is 0 Å². The lowest BCUT2D eigenvalue weighted by Crippen LogP contribution is -2.40. The zero-order valence-electron chi connectivity index (χ0n) is 11.3. The van der Waals surface area contributed by atoms with Crippen molar-refractivity contribution in [2.75, 3.05) is 6.54 Å². The second-order valence-electron chi connectivity index (χ2n) is 5.56. The number of nitrogens with one attached hydrogen (secondary N) is 1. The van der Waals surface area contributed by atoms with Gasteiger partial charge in [-0.3, -0.25) is 0 Å². The second kappa shape index (κ2) is 6.91. The second-order valence-corrected chi connectivity index (χ2v) is 7.42. The van der Waals surface area contributed by atoms with Crippen molar-refractivity contribution in [2.45, 2.75) is 53.0 Å². The molecule has 0 bridgehead atoms. The molecule has 0 aliphatic heterocycles. The molecule has 0 saturated carbocycles. The molecule has 0 saturated heterocycles. The quantitative estimate of drug-likeness (QED) is 0.790. The molecule has 0 amide bonds. The number of aryl methyl sites for hydroxylation is 1.